The molecule has 0 atom stereocenters. The van der Waals surface area contributed by atoms with Gasteiger partial charge in [0.1, 0.15) is 5.75 Å². The van der Waals surface area contributed by atoms with Gasteiger partial charge in [-0.3, -0.25) is 19.5 Å². The van der Waals surface area contributed by atoms with Crippen LogP contribution < -0.4 is 4.74 Å². The number of hydrogen-bond donors (Lipinski definition) is 0. The van der Waals surface area contributed by atoms with Crippen LogP contribution in [0.1, 0.15) is 107 Å². The van der Waals surface area contributed by atoms with Crippen molar-refractivity contribution in [1.29, 1.82) is 0 Å². The second-order valence-corrected chi connectivity index (χ2v) is 9.03. The fourth-order valence-electron chi connectivity index (χ4n) is 3.98. The minimum absolute atomic E-state index is 0.208. The van der Waals surface area contributed by atoms with Crippen LogP contribution in [0.25, 0.3) is 0 Å². The Bertz CT molecular complexity index is 821. The maximum absolute atomic E-state index is 12.8. The highest BCUT2D eigenvalue weighted by molar-refractivity contribution is 6.04. The average Bonchev–Trinajstić information content (AvgIpc) is 2.86. The van der Waals surface area contributed by atoms with Crippen LogP contribution in [0.2, 0.25) is 0 Å². The van der Waals surface area contributed by atoms with Crippen LogP contribution in [0.3, 0.4) is 0 Å². The Hall–Kier alpha value is -2.69. The van der Waals surface area contributed by atoms with Gasteiger partial charge in [-0.15, -0.1) is 0 Å². The van der Waals surface area contributed by atoms with Crippen LogP contribution in [-0.2, 0) is 11.3 Å². The van der Waals surface area contributed by atoms with Gasteiger partial charge in [0.2, 0.25) is 5.91 Å². The molecule has 186 valence electrons. The van der Waals surface area contributed by atoms with Gasteiger partial charge in [0.05, 0.1) is 13.2 Å². The lowest BCUT2D eigenvalue weighted by Gasteiger charge is -2.19. The third kappa shape index (κ3) is 11.0. The van der Waals surface area contributed by atoms with Crippen molar-refractivity contribution in [2.45, 2.75) is 97.4 Å². The minimum Gasteiger partial charge on any atom is -0.494 e. The SMILES string of the molecule is CCCCCCCCCCCCCCOc1ccc(C(=O)N(Cc2cccnc2)C(C)=O)cc1. The summed E-state index contributed by atoms with van der Waals surface area (Å²) in [6.45, 7) is 4.56. The molecule has 2 aromatic rings. The summed E-state index contributed by atoms with van der Waals surface area (Å²) in [4.78, 5) is 30.2. The molecular formula is C29H42N2O3. The van der Waals surface area contributed by atoms with Gasteiger partial charge in [-0.05, 0) is 42.3 Å². The van der Waals surface area contributed by atoms with E-state index in [9.17, 15) is 9.59 Å². The number of carbonyl (C=O) groups excluding carboxylic acids is 2. The Morgan fingerprint density at radius 1 is 0.824 bits per heavy atom. The topological polar surface area (TPSA) is 59.5 Å². The number of ether oxygens (including phenoxy) is 1. The maximum atomic E-state index is 12.8. The smallest absolute Gasteiger partial charge is 0.260 e. The first kappa shape index (κ1) is 27.6. The predicted molar refractivity (Wildman–Crippen MR) is 138 cm³/mol. The molecule has 0 saturated carbocycles. The molecule has 0 bridgehead atoms. The highest BCUT2D eigenvalue weighted by Crippen LogP contribution is 2.17. The van der Waals surface area contributed by atoms with E-state index in [4.69, 9.17) is 4.74 Å². The molecule has 2 amide bonds. The number of benzene rings is 1. The van der Waals surface area contributed by atoms with Gasteiger partial charge in [-0.25, -0.2) is 0 Å². The number of pyridine rings is 1. The monoisotopic (exact) mass is 466 g/mol. The number of amides is 2. The molecule has 5 heteroatoms. The molecule has 34 heavy (non-hydrogen) atoms. The van der Waals surface area contributed by atoms with Gasteiger partial charge >= 0.3 is 0 Å². The molecule has 0 aliphatic rings. The minimum atomic E-state index is -0.316. The second-order valence-electron chi connectivity index (χ2n) is 9.03. The lowest BCUT2D eigenvalue weighted by molar-refractivity contribution is -0.126. The highest BCUT2D eigenvalue weighted by atomic mass is 16.5. The largest absolute Gasteiger partial charge is 0.494 e. The summed E-state index contributed by atoms with van der Waals surface area (Å²) in [5.41, 5.74) is 1.28. The molecule has 0 N–H and O–H groups in total. The molecule has 0 spiro atoms. The summed E-state index contributed by atoms with van der Waals surface area (Å²) in [6, 6.07) is 10.7. The second kappa shape index (κ2) is 16.9. The van der Waals surface area contributed by atoms with Crippen molar-refractivity contribution in [2.24, 2.45) is 0 Å². The number of hydrogen-bond acceptors (Lipinski definition) is 4. The third-order valence-corrected chi connectivity index (χ3v) is 6.06. The van der Waals surface area contributed by atoms with E-state index in [1.807, 2.05) is 6.07 Å². The maximum Gasteiger partial charge on any atom is 0.260 e. The van der Waals surface area contributed by atoms with E-state index in [2.05, 4.69) is 11.9 Å². The van der Waals surface area contributed by atoms with E-state index in [0.29, 0.717) is 12.2 Å². The molecule has 0 unspecified atom stereocenters. The molecule has 0 aliphatic heterocycles. The number of nitrogens with zero attached hydrogens (tertiary/aromatic N) is 2. The first-order chi connectivity index (χ1) is 16.6. The van der Waals surface area contributed by atoms with Crippen molar-refractivity contribution < 1.29 is 14.3 Å². The van der Waals surface area contributed by atoms with E-state index < -0.39 is 0 Å². The Labute approximate surface area is 205 Å². The molecule has 2 rings (SSSR count). The summed E-state index contributed by atoms with van der Waals surface area (Å²) < 4.78 is 5.84. The lowest BCUT2D eigenvalue weighted by atomic mass is 10.1. The van der Waals surface area contributed by atoms with Gasteiger partial charge in [0.15, 0.2) is 0 Å². The van der Waals surface area contributed by atoms with Gasteiger partial charge in [-0.2, -0.15) is 0 Å². The lowest BCUT2D eigenvalue weighted by Crippen LogP contribution is -2.34. The van der Waals surface area contributed by atoms with Gasteiger partial charge in [-0.1, -0.05) is 83.6 Å². The third-order valence-electron chi connectivity index (χ3n) is 6.06. The van der Waals surface area contributed by atoms with Crippen molar-refractivity contribution in [3.63, 3.8) is 0 Å². The van der Waals surface area contributed by atoms with Crippen LogP contribution in [0, 0.1) is 0 Å². The Kier molecular flexibility index (Phi) is 13.7. The van der Waals surface area contributed by atoms with Gasteiger partial charge in [0.25, 0.3) is 5.91 Å². The van der Waals surface area contributed by atoms with Crippen molar-refractivity contribution >= 4 is 11.8 Å². The predicted octanol–water partition coefficient (Wildman–Crippen LogP) is 7.35. The normalized spacial score (nSPS) is 10.8. The summed E-state index contributed by atoms with van der Waals surface area (Å²) >= 11 is 0. The average molecular weight is 467 g/mol. The first-order valence-corrected chi connectivity index (χ1v) is 13.1. The Morgan fingerprint density at radius 2 is 1.41 bits per heavy atom. The molecule has 0 fully saturated rings. The Morgan fingerprint density at radius 3 is 1.94 bits per heavy atom. The standard InChI is InChI=1S/C29H42N2O3/c1-3-4-5-6-7-8-9-10-11-12-13-14-22-34-28-19-17-27(18-20-28)29(33)31(25(2)32)24-26-16-15-21-30-23-26/h15-21,23H,3-14,22,24H2,1-2H3. The summed E-state index contributed by atoms with van der Waals surface area (Å²) in [5, 5.41) is 0. The molecule has 0 aliphatic carbocycles. The van der Waals surface area contributed by atoms with Crippen LogP contribution in [0.5, 0.6) is 5.75 Å². The highest BCUT2D eigenvalue weighted by Gasteiger charge is 2.20. The number of carbonyl (C=O) groups is 2. The first-order valence-electron chi connectivity index (χ1n) is 13.1. The Balaban J connectivity index is 1.61. The number of unbranched alkanes of at least 4 members (excludes halogenated alkanes) is 11. The van der Waals surface area contributed by atoms with E-state index in [-0.39, 0.29) is 18.4 Å². The summed E-state index contributed by atoms with van der Waals surface area (Å²) in [7, 11) is 0. The molecule has 0 radical (unpaired) electrons. The van der Waals surface area contributed by atoms with Crippen LogP contribution in [0.15, 0.2) is 48.8 Å². The summed E-state index contributed by atoms with van der Waals surface area (Å²) in [5.74, 6) is 0.145. The van der Waals surface area contributed by atoms with Crippen LogP contribution in [-0.4, -0.2) is 28.3 Å². The van der Waals surface area contributed by atoms with E-state index >= 15 is 0 Å². The molecule has 1 aromatic carbocycles. The molecular weight excluding hydrogens is 424 g/mol. The van der Waals surface area contributed by atoms with Crippen molar-refractivity contribution in [2.75, 3.05) is 6.61 Å². The van der Waals surface area contributed by atoms with Crippen molar-refractivity contribution in [3.8, 4) is 5.75 Å². The van der Waals surface area contributed by atoms with E-state index in [1.54, 1.807) is 42.7 Å². The van der Waals surface area contributed by atoms with Gasteiger partial charge in [0, 0.05) is 24.9 Å². The fraction of sp³-hybridized carbons (Fsp3) is 0.552. The number of rotatable bonds is 17. The molecule has 1 heterocycles. The van der Waals surface area contributed by atoms with E-state index in [1.165, 1.54) is 82.5 Å². The van der Waals surface area contributed by atoms with Crippen molar-refractivity contribution in [1.82, 2.24) is 9.88 Å². The zero-order valence-corrected chi connectivity index (χ0v) is 21.1. The summed E-state index contributed by atoms with van der Waals surface area (Å²) in [6.07, 6.45) is 19.2. The quantitative estimate of drug-likeness (QED) is 0.229. The number of aromatic nitrogens is 1. The number of imide groups is 1. The zero-order valence-electron chi connectivity index (χ0n) is 21.1. The fourth-order valence-corrected chi connectivity index (χ4v) is 3.98. The molecule has 1 aromatic heterocycles. The van der Waals surface area contributed by atoms with Crippen LogP contribution in [0.4, 0.5) is 0 Å². The van der Waals surface area contributed by atoms with Gasteiger partial charge < -0.3 is 4.74 Å². The molecule has 0 saturated heterocycles. The zero-order chi connectivity index (χ0) is 24.4. The van der Waals surface area contributed by atoms with E-state index in [0.717, 1.165) is 17.7 Å². The van der Waals surface area contributed by atoms with Crippen molar-refractivity contribution in [3.05, 3.63) is 59.9 Å². The molecule has 5 nitrogen and oxygen atoms in total. The van der Waals surface area contributed by atoms with Crippen LogP contribution >= 0.6 is 0 Å².